The number of nitrogens with zero attached hydrogens (tertiary/aromatic N) is 4. The first-order valence-electron chi connectivity index (χ1n) is 8.14. The summed E-state index contributed by atoms with van der Waals surface area (Å²) in [5, 5.41) is 12.8. The van der Waals surface area contributed by atoms with E-state index >= 15 is 0 Å². The van der Waals surface area contributed by atoms with Crippen LogP contribution in [0.3, 0.4) is 0 Å². The van der Waals surface area contributed by atoms with Crippen LogP contribution in [-0.2, 0) is 11.3 Å². The van der Waals surface area contributed by atoms with Gasteiger partial charge in [0.25, 0.3) is 0 Å². The molecule has 26 heavy (non-hydrogen) atoms. The number of anilines is 1. The van der Waals surface area contributed by atoms with Gasteiger partial charge in [0.15, 0.2) is 0 Å². The first-order valence-corrected chi connectivity index (χ1v) is 8.89. The lowest BCUT2D eigenvalue weighted by Gasteiger charge is -2.13. The second-order valence-electron chi connectivity index (χ2n) is 6.14. The van der Waals surface area contributed by atoms with E-state index in [1.807, 2.05) is 42.8 Å². The van der Waals surface area contributed by atoms with Crippen molar-refractivity contribution in [2.24, 2.45) is 0 Å². The van der Waals surface area contributed by atoms with Gasteiger partial charge in [-0.1, -0.05) is 35.3 Å². The molecule has 0 radical (unpaired) electrons. The van der Waals surface area contributed by atoms with E-state index in [-0.39, 0.29) is 5.91 Å². The van der Waals surface area contributed by atoms with E-state index < -0.39 is 6.04 Å². The fourth-order valence-electron chi connectivity index (χ4n) is 2.71. The van der Waals surface area contributed by atoms with Crippen LogP contribution in [0.15, 0.2) is 36.7 Å². The fraction of sp³-hybridized carbons (Fsp3) is 0.278. The monoisotopic (exact) mass is 391 g/mol. The van der Waals surface area contributed by atoms with Gasteiger partial charge < -0.3 is 5.32 Å². The van der Waals surface area contributed by atoms with Crippen molar-refractivity contribution >= 4 is 34.8 Å². The van der Waals surface area contributed by atoms with Crippen molar-refractivity contribution in [3.63, 3.8) is 0 Å². The van der Waals surface area contributed by atoms with Crippen LogP contribution < -0.4 is 5.32 Å². The van der Waals surface area contributed by atoms with Crippen molar-refractivity contribution in [1.29, 1.82) is 0 Å². The lowest BCUT2D eigenvalue weighted by atomic mass is 10.2. The van der Waals surface area contributed by atoms with Crippen molar-refractivity contribution in [3.8, 4) is 0 Å². The van der Waals surface area contributed by atoms with Crippen molar-refractivity contribution < 1.29 is 4.79 Å². The highest BCUT2D eigenvalue weighted by Crippen LogP contribution is 2.23. The largest absolute Gasteiger partial charge is 0.321 e. The molecule has 0 fully saturated rings. The third kappa shape index (κ3) is 3.92. The zero-order valence-electron chi connectivity index (χ0n) is 14.7. The fourth-order valence-corrected chi connectivity index (χ4v) is 3.07. The van der Waals surface area contributed by atoms with Crippen LogP contribution >= 0.6 is 23.2 Å². The van der Waals surface area contributed by atoms with Crippen molar-refractivity contribution in [1.82, 2.24) is 19.6 Å². The molecular formula is C18H19Cl2N5O. The Hall–Kier alpha value is -2.31. The maximum Gasteiger partial charge on any atom is 0.249 e. The molecule has 3 rings (SSSR count). The summed E-state index contributed by atoms with van der Waals surface area (Å²) in [5.74, 6) is -0.182. The molecule has 1 amide bonds. The molecule has 0 spiro atoms. The van der Waals surface area contributed by atoms with Gasteiger partial charge in [-0.3, -0.25) is 14.2 Å². The number of carbonyl (C=O) groups excluding carboxylic acids is 1. The Morgan fingerprint density at radius 3 is 2.69 bits per heavy atom. The molecule has 136 valence electrons. The van der Waals surface area contributed by atoms with Crippen LogP contribution in [0, 0.1) is 13.8 Å². The van der Waals surface area contributed by atoms with Crippen LogP contribution in [-0.4, -0.2) is 25.5 Å². The summed E-state index contributed by atoms with van der Waals surface area (Å²) >= 11 is 11.9. The van der Waals surface area contributed by atoms with Gasteiger partial charge in [-0.2, -0.15) is 10.2 Å². The van der Waals surface area contributed by atoms with Gasteiger partial charge in [0.1, 0.15) is 6.04 Å². The summed E-state index contributed by atoms with van der Waals surface area (Å²) in [6.45, 7) is 6.13. The number of halogens is 2. The molecule has 2 aromatic heterocycles. The smallest absolute Gasteiger partial charge is 0.249 e. The number of rotatable bonds is 5. The number of nitrogens with one attached hydrogen (secondary N) is 1. The Bertz CT molecular complexity index is 947. The number of benzene rings is 1. The Labute approximate surface area is 161 Å². The number of aromatic nitrogens is 4. The Kier molecular flexibility index (Phi) is 5.34. The molecule has 2 heterocycles. The van der Waals surface area contributed by atoms with Gasteiger partial charge in [-0.05, 0) is 38.5 Å². The third-order valence-electron chi connectivity index (χ3n) is 4.20. The van der Waals surface area contributed by atoms with Gasteiger partial charge in [-0.25, -0.2) is 0 Å². The average molecular weight is 392 g/mol. The number of amides is 1. The second-order valence-corrected chi connectivity index (χ2v) is 7.01. The molecular weight excluding hydrogens is 373 g/mol. The summed E-state index contributed by atoms with van der Waals surface area (Å²) in [5.41, 5.74) is 3.38. The molecule has 1 N–H and O–H groups in total. The van der Waals surface area contributed by atoms with Crippen LogP contribution in [0.4, 0.5) is 5.69 Å². The van der Waals surface area contributed by atoms with E-state index in [2.05, 4.69) is 15.5 Å². The Morgan fingerprint density at radius 2 is 2.04 bits per heavy atom. The maximum atomic E-state index is 12.6. The normalized spacial score (nSPS) is 12.2. The molecule has 0 aliphatic rings. The number of aryl methyl sites for hydroxylation is 1. The first kappa shape index (κ1) is 18.5. The Morgan fingerprint density at radius 1 is 1.27 bits per heavy atom. The molecule has 3 aromatic rings. The SMILES string of the molecule is Cc1nn(Cc2cccc(Cl)c2)c(C)c1NC(=O)C(C)n1cc(Cl)cn1. The van der Waals surface area contributed by atoms with Gasteiger partial charge >= 0.3 is 0 Å². The van der Waals surface area contributed by atoms with Gasteiger partial charge in [0.05, 0.1) is 34.8 Å². The maximum absolute atomic E-state index is 12.6. The van der Waals surface area contributed by atoms with Crippen molar-refractivity contribution in [3.05, 3.63) is 63.7 Å². The van der Waals surface area contributed by atoms with E-state index in [9.17, 15) is 4.79 Å². The van der Waals surface area contributed by atoms with Crippen molar-refractivity contribution in [2.75, 3.05) is 5.32 Å². The van der Waals surface area contributed by atoms with E-state index in [0.29, 0.717) is 22.3 Å². The lowest BCUT2D eigenvalue weighted by Crippen LogP contribution is -2.24. The predicted molar refractivity (Wildman–Crippen MR) is 103 cm³/mol. The average Bonchev–Trinajstić information content (AvgIpc) is 3.13. The third-order valence-corrected chi connectivity index (χ3v) is 4.63. The van der Waals surface area contributed by atoms with E-state index in [4.69, 9.17) is 23.2 Å². The summed E-state index contributed by atoms with van der Waals surface area (Å²) < 4.78 is 3.38. The molecule has 1 aromatic carbocycles. The minimum Gasteiger partial charge on any atom is -0.321 e. The molecule has 0 aliphatic heterocycles. The van der Waals surface area contributed by atoms with Crippen LogP contribution in [0.2, 0.25) is 10.0 Å². The summed E-state index contributed by atoms with van der Waals surface area (Å²) in [4.78, 5) is 12.6. The number of carbonyl (C=O) groups is 1. The predicted octanol–water partition coefficient (Wildman–Crippen LogP) is 4.25. The van der Waals surface area contributed by atoms with Crippen molar-refractivity contribution in [2.45, 2.75) is 33.4 Å². The molecule has 1 atom stereocenters. The summed E-state index contributed by atoms with van der Waals surface area (Å²) in [6, 6.07) is 7.14. The van der Waals surface area contributed by atoms with Gasteiger partial charge in [-0.15, -0.1) is 0 Å². The van der Waals surface area contributed by atoms with Crippen LogP contribution in [0.1, 0.15) is 29.9 Å². The highest BCUT2D eigenvalue weighted by molar-refractivity contribution is 6.30. The molecule has 0 bridgehead atoms. The highest BCUT2D eigenvalue weighted by atomic mass is 35.5. The zero-order valence-corrected chi connectivity index (χ0v) is 16.2. The molecule has 0 saturated heterocycles. The van der Waals surface area contributed by atoms with E-state index in [1.54, 1.807) is 13.1 Å². The highest BCUT2D eigenvalue weighted by Gasteiger charge is 2.20. The molecule has 0 aliphatic carbocycles. The van der Waals surface area contributed by atoms with Crippen LogP contribution in [0.25, 0.3) is 0 Å². The summed E-state index contributed by atoms with van der Waals surface area (Å²) in [7, 11) is 0. The second kappa shape index (κ2) is 7.51. The number of hydrogen-bond donors (Lipinski definition) is 1. The minimum absolute atomic E-state index is 0.182. The quantitative estimate of drug-likeness (QED) is 0.706. The number of hydrogen-bond acceptors (Lipinski definition) is 3. The van der Waals surface area contributed by atoms with Gasteiger partial charge in [0, 0.05) is 11.2 Å². The minimum atomic E-state index is -0.488. The molecule has 6 nitrogen and oxygen atoms in total. The molecule has 8 heteroatoms. The summed E-state index contributed by atoms with van der Waals surface area (Å²) in [6.07, 6.45) is 3.12. The lowest BCUT2D eigenvalue weighted by molar-refractivity contribution is -0.119. The Balaban J connectivity index is 1.78. The standard InChI is InChI=1S/C18H19Cl2N5O/c1-11-17(22-18(26)13(3)24-10-16(20)8-21-24)12(2)25(23-11)9-14-5-4-6-15(19)7-14/h4-8,10,13H,9H2,1-3H3,(H,22,26). The zero-order chi connectivity index (χ0) is 18.8. The molecule has 1 unspecified atom stereocenters. The van der Waals surface area contributed by atoms with E-state index in [1.165, 1.54) is 10.9 Å². The van der Waals surface area contributed by atoms with Crippen LogP contribution in [0.5, 0.6) is 0 Å². The molecule has 0 saturated carbocycles. The van der Waals surface area contributed by atoms with Gasteiger partial charge in [0.2, 0.25) is 5.91 Å². The first-order chi connectivity index (χ1) is 12.3. The van der Waals surface area contributed by atoms with E-state index in [0.717, 1.165) is 17.0 Å². The topological polar surface area (TPSA) is 64.7 Å².